The van der Waals surface area contributed by atoms with Crippen LogP contribution in [0.1, 0.15) is 62.1 Å². The standard InChI is InChI=1S/C28H38N4O/c1-4-26(30(5-2)6-3)32-25-13-12-23(28(29)33)19-24(25)20-27(32)31-16-14-22(15-17-31)18-21-10-8-7-9-11-21/h7-13,19-20,22,26H,4-6,14-18H2,1-3H3,(H2,29,33). The topological polar surface area (TPSA) is 54.5 Å². The van der Waals surface area contributed by atoms with Crippen LogP contribution in [0.3, 0.4) is 0 Å². The highest BCUT2D eigenvalue weighted by molar-refractivity contribution is 5.98. The number of carbonyl (C=O) groups excluding carboxylic acids is 1. The van der Waals surface area contributed by atoms with Gasteiger partial charge < -0.3 is 15.2 Å². The van der Waals surface area contributed by atoms with Gasteiger partial charge in [-0.15, -0.1) is 0 Å². The second-order valence-corrected chi connectivity index (χ2v) is 9.24. The van der Waals surface area contributed by atoms with Gasteiger partial charge in [-0.1, -0.05) is 51.1 Å². The summed E-state index contributed by atoms with van der Waals surface area (Å²) in [6.45, 7) is 10.9. The normalized spacial score (nSPS) is 15.9. The van der Waals surface area contributed by atoms with Gasteiger partial charge >= 0.3 is 0 Å². The Bertz CT molecular complexity index is 1060. The fourth-order valence-corrected chi connectivity index (χ4v) is 5.49. The molecule has 5 nitrogen and oxygen atoms in total. The molecule has 5 heteroatoms. The van der Waals surface area contributed by atoms with Gasteiger partial charge in [0, 0.05) is 24.0 Å². The molecule has 1 amide bonds. The van der Waals surface area contributed by atoms with Gasteiger partial charge in [-0.05, 0) is 74.5 Å². The third-order valence-corrected chi connectivity index (χ3v) is 7.31. The number of fused-ring (bicyclic) bond motifs is 1. The van der Waals surface area contributed by atoms with Gasteiger partial charge in [0.15, 0.2) is 0 Å². The zero-order valence-electron chi connectivity index (χ0n) is 20.3. The smallest absolute Gasteiger partial charge is 0.248 e. The lowest BCUT2D eigenvalue weighted by Gasteiger charge is -2.38. The first-order valence-electron chi connectivity index (χ1n) is 12.5. The third-order valence-electron chi connectivity index (χ3n) is 7.31. The zero-order chi connectivity index (χ0) is 23.4. The number of amides is 1. The molecule has 1 saturated heterocycles. The van der Waals surface area contributed by atoms with E-state index in [9.17, 15) is 4.79 Å². The number of nitrogens with zero attached hydrogens (tertiary/aromatic N) is 3. The fraction of sp³-hybridized carbons (Fsp3) is 0.464. The molecule has 1 aliphatic rings. The lowest BCUT2D eigenvalue weighted by molar-refractivity contribution is 0.100. The Morgan fingerprint density at radius 2 is 1.73 bits per heavy atom. The largest absolute Gasteiger partial charge is 0.366 e. The molecule has 4 rings (SSSR count). The molecule has 0 bridgehead atoms. The first-order chi connectivity index (χ1) is 16.0. The number of piperidine rings is 1. The van der Waals surface area contributed by atoms with E-state index in [0.717, 1.165) is 50.3 Å². The van der Waals surface area contributed by atoms with E-state index in [1.165, 1.54) is 29.7 Å². The van der Waals surface area contributed by atoms with Crippen molar-refractivity contribution in [2.24, 2.45) is 11.7 Å². The number of anilines is 1. The van der Waals surface area contributed by atoms with Crippen molar-refractivity contribution in [1.29, 1.82) is 0 Å². The number of carbonyl (C=O) groups is 1. The minimum atomic E-state index is -0.372. The van der Waals surface area contributed by atoms with Crippen LogP contribution in [0.5, 0.6) is 0 Å². The molecule has 1 unspecified atom stereocenters. The summed E-state index contributed by atoms with van der Waals surface area (Å²) in [7, 11) is 0. The fourth-order valence-electron chi connectivity index (χ4n) is 5.49. The quantitative estimate of drug-likeness (QED) is 0.475. The van der Waals surface area contributed by atoms with Gasteiger partial charge in [0.2, 0.25) is 5.91 Å². The molecule has 1 fully saturated rings. The number of rotatable bonds is 9. The number of hydrogen-bond donors (Lipinski definition) is 1. The molecular formula is C28H38N4O. The molecule has 1 atom stereocenters. The summed E-state index contributed by atoms with van der Waals surface area (Å²) in [5.74, 6) is 1.62. The summed E-state index contributed by atoms with van der Waals surface area (Å²) in [4.78, 5) is 16.9. The minimum Gasteiger partial charge on any atom is -0.366 e. The van der Waals surface area contributed by atoms with Gasteiger partial charge in [0.05, 0.1) is 11.7 Å². The van der Waals surface area contributed by atoms with E-state index in [2.05, 4.69) is 77.6 Å². The molecule has 0 radical (unpaired) electrons. The van der Waals surface area contributed by atoms with Crippen molar-refractivity contribution >= 4 is 22.6 Å². The van der Waals surface area contributed by atoms with Crippen LogP contribution < -0.4 is 10.6 Å². The minimum absolute atomic E-state index is 0.286. The summed E-state index contributed by atoms with van der Waals surface area (Å²) in [5.41, 5.74) is 8.78. The highest BCUT2D eigenvalue weighted by Crippen LogP contribution is 2.36. The number of aromatic nitrogens is 1. The number of benzene rings is 2. The molecule has 0 spiro atoms. The van der Waals surface area contributed by atoms with Gasteiger partial charge in [0.1, 0.15) is 5.82 Å². The molecular weight excluding hydrogens is 408 g/mol. The Hall–Kier alpha value is -2.79. The average Bonchev–Trinajstić information content (AvgIpc) is 3.22. The van der Waals surface area contributed by atoms with E-state index in [0.29, 0.717) is 5.56 Å². The van der Waals surface area contributed by atoms with E-state index in [4.69, 9.17) is 5.73 Å². The van der Waals surface area contributed by atoms with Crippen LogP contribution in [0.4, 0.5) is 5.82 Å². The van der Waals surface area contributed by atoms with Crippen LogP contribution in [-0.4, -0.2) is 41.6 Å². The summed E-state index contributed by atoms with van der Waals surface area (Å²) < 4.78 is 2.50. The Labute approximate surface area is 198 Å². The van der Waals surface area contributed by atoms with Crippen LogP contribution in [0.2, 0.25) is 0 Å². The van der Waals surface area contributed by atoms with E-state index in [1.54, 1.807) is 0 Å². The van der Waals surface area contributed by atoms with E-state index in [1.807, 2.05) is 12.1 Å². The summed E-state index contributed by atoms with van der Waals surface area (Å²) >= 11 is 0. The molecule has 2 aromatic carbocycles. The summed E-state index contributed by atoms with van der Waals surface area (Å²) in [6.07, 6.45) is 4.88. The molecule has 0 aliphatic carbocycles. The van der Waals surface area contributed by atoms with Gasteiger partial charge in [-0.2, -0.15) is 0 Å². The van der Waals surface area contributed by atoms with Crippen molar-refractivity contribution in [2.45, 2.75) is 52.6 Å². The predicted octanol–water partition coefficient (Wildman–Crippen LogP) is 5.45. The van der Waals surface area contributed by atoms with Crippen LogP contribution >= 0.6 is 0 Å². The predicted molar refractivity (Wildman–Crippen MR) is 138 cm³/mol. The average molecular weight is 447 g/mol. The van der Waals surface area contributed by atoms with Crippen molar-refractivity contribution in [3.8, 4) is 0 Å². The molecule has 1 aliphatic heterocycles. The highest BCUT2D eigenvalue weighted by Gasteiger charge is 2.27. The van der Waals surface area contributed by atoms with Crippen LogP contribution in [-0.2, 0) is 6.42 Å². The van der Waals surface area contributed by atoms with Crippen molar-refractivity contribution in [2.75, 3.05) is 31.1 Å². The summed E-state index contributed by atoms with van der Waals surface area (Å²) in [6, 6.07) is 19.0. The monoisotopic (exact) mass is 446 g/mol. The lowest BCUT2D eigenvalue weighted by Crippen LogP contribution is -2.38. The maximum atomic E-state index is 11.8. The Balaban J connectivity index is 1.65. The van der Waals surface area contributed by atoms with Gasteiger partial charge in [-0.25, -0.2) is 0 Å². The molecule has 2 heterocycles. The third kappa shape index (κ3) is 4.93. The Morgan fingerprint density at radius 1 is 1.03 bits per heavy atom. The van der Waals surface area contributed by atoms with Crippen LogP contribution in [0, 0.1) is 5.92 Å². The molecule has 1 aromatic heterocycles. The second-order valence-electron chi connectivity index (χ2n) is 9.24. The molecule has 3 aromatic rings. The van der Waals surface area contributed by atoms with Crippen molar-refractivity contribution < 1.29 is 4.79 Å². The first kappa shape index (κ1) is 23.4. The Kier molecular flexibility index (Phi) is 7.39. The summed E-state index contributed by atoms with van der Waals surface area (Å²) in [5, 5.41) is 1.10. The van der Waals surface area contributed by atoms with E-state index in [-0.39, 0.29) is 12.1 Å². The molecule has 0 saturated carbocycles. The zero-order valence-corrected chi connectivity index (χ0v) is 20.3. The van der Waals surface area contributed by atoms with Gasteiger partial charge in [0.25, 0.3) is 0 Å². The van der Waals surface area contributed by atoms with Crippen molar-refractivity contribution in [3.05, 3.63) is 65.7 Å². The van der Waals surface area contributed by atoms with Crippen molar-refractivity contribution in [3.63, 3.8) is 0 Å². The highest BCUT2D eigenvalue weighted by atomic mass is 16.1. The second kappa shape index (κ2) is 10.4. The lowest BCUT2D eigenvalue weighted by atomic mass is 9.90. The SMILES string of the molecule is CCC(N(CC)CC)n1c(N2CCC(Cc3ccccc3)CC2)cc2cc(C(N)=O)ccc21. The first-order valence-corrected chi connectivity index (χ1v) is 12.5. The van der Waals surface area contributed by atoms with Gasteiger partial charge in [-0.3, -0.25) is 9.69 Å². The molecule has 2 N–H and O–H groups in total. The number of hydrogen-bond acceptors (Lipinski definition) is 3. The molecule has 33 heavy (non-hydrogen) atoms. The van der Waals surface area contributed by atoms with E-state index >= 15 is 0 Å². The maximum Gasteiger partial charge on any atom is 0.248 e. The molecule has 176 valence electrons. The number of nitrogens with two attached hydrogens (primary N) is 1. The maximum absolute atomic E-state index is 11.8. The van der Waals surface area contributed by atoms with Crippen LogP contribution in [0.25, 0.3) is 10.9 Å². The number of primary amides is 1. The van der Waals surface area contributed by atoms with Crippen molar-refractivity contribution in [1.82, 2.24) is 9.47 Å². The van der Waals surface area contributed by atoms with Crippen LogP contribution in [0.15, 0.2) is 54.6 Å². The van der Waals surface area contributed by atoms with E-state index < -0.39 is 0 Å². The Morgan fingerprint density at radius 3 is 2.33 bits per heavy atom.